The van der Waals surface area contributed by atoms with Gasteiger partial charge in [-0.1, -0.05) is 12.1 Å². The van der Waals surface area contributed by atoms with E-state index in [1.807, 2.05) is 12.1 Å². The van der Waals surface area contributed by atoms with E-state index in [9.17, 15) is 14.4 Å². The number of carboxylic acid groups (broad SMARTS) is 1. The van der Waals surface area contributed by atoms with Gasteiger partial charge in [0.1, 0.15) is 6.04 Å². The van der Waals surface area contributed by atoms with Crippen LogP contribution in [0.1, 0.15) is 50.0 Å². The summed E-state index contributed by atoms with van der Waals surface area (Å²) in [6.45, 7) is 0.150. The van der Waals surface area contributed by atoms with Crippen LogP contribution in [0.15, 0.2) is 24.3 Å². The molecule has 3 aliphatic heterocycles. The normalized spacial score (nSPS) is 29.7. The Morgan fingerprint density at radius 2 is 1.75 bits per heavy atom. The minimum absolute atomic E-state index is 0. The average molecular weight is 408 g/mol. The Labute approximate surface area is 170 Å². The van der Waals surface area contributed by atoms with E-state index in [-0.39, 0.29) is 36.8 Å². The van der Waals surface area contributed by atoms with Gasteiger partial charge in [-0.15, -0.1) is 12.4 Å². The molecule has 2 bridgehead atoms. The fraction of sp³-hybridized carbons (Fsp3) is 0.550. The van der Waals surface area contributed by atoms with E-state index in [0.717, 1.165) is 31.4 Å². The zero-order valence-electron chi connectivity index (χ0n) is 15.6. The van der Waals surface area contributed by atoms with Gasteiger partial charge in [-0.2, -0.15) is 0 Å². The molecule has 4 rings (SSSR count). The van der Waals surface area contributed by atoms with Crippen LogP contribution in [-0.4, -0.2) is 52.5 Å². The maximum absolute atomic E-state index is 11.9. The summed E-state index contributed by atoms with van der Waals surface area (Å²) in [7, 11) is 0. The van der Waals surface area contributed by atoms with E-state index in [1.165, 1.54) is 5.56 Å². The summed E-state index contributed by atoms with van der Waals surface area (Å²) < 4.78 is 0. The summed E-state index contributed by atoms with van der Waals surface area (Å²) >= 11 is 0. The van der Waals surface area contributed by atoms with E-state index in [0.29, 0.717) is 30.8 Å². The van der Waals surface area contributed by atoms with Crippen LogP contribution in [0.3, 0.4) is 0 Å². The topological polar surface area (TPSA) is 98.7 Å². The first-order valence-corrected chi connectivity index (χ1v) is 9.67. The lowest BCUT2D eigenvalue weighted by Crippen LogP contribution is -2.47. The highest BCUT2D eigenvalue weighted by Crippen LogP contribution is 2.43. The first kappa shape index (κ1) is 20.6. The van der Waals surface area contributed by atoms with E-state index in [4.69, 9.17) is 5.11 Å². The second-order valence-electron chi connectivity index (χ2n) is 7.89. The molecule has 1 aromatic rings. The number of halogens is 1. The number of anilines is 1. The number of amides is 2. The monoisotopic (exact) mass is 407 g/mol. The molecule has 3 saturated heterocycles. The Bertz CT molecular complexity index is 740. The molecule has 0 radical (unpaired) electrons. The number of nitrogens with zero attached hydrogens (tertiary/aromatic N) is 1. The molecular formula is C20H26ClN3O4. The maximum Gasteiger partial charge on any atom is 0.317 e. The van der Waals surface area contributed by atoms with Crippen LogP contribution in [0.4, 0.5) is 5.69 Å². The number of imide groups is 1. The number of carbonyl (C=O) groups excluding carboxylic acids is 2. The third kappa shape index (κ3) is 4.31. The molecule has 0 saturated carbocycles. The van der Waals surface area contributed by atoms with Gasteiger partial charge in [0, 0.05) is 24.2 Å². The molecule has 3 aliphatic rings. The van der Waals surface area contributed by atoms with Crippen molar-refractivity contribution in [1.29, 1.82) is 0 Å². The van der Waals surface area contributed by atoms with Gasteiger partial charge in [0.25, 0.3) is 0 Å². The molecule has 3 heterocycles. The summed E-state index contributed by atoms with van der Waals surface area (Å²) in [6.07, 6.45) is 5.05. The highest BCUT2D eigenvalue weighted by Gasteiger charge is 2.41. The molecule has 0 aromatic heterocycles. The number of hydrogen-bond acceptors (Lipinski definition) is 5. The summed E-state index contributed by atoms with van der Waals surface area (Å²) in [5.41, 5.74) is 2.15. The number of hydrogen-bond donors (Lipinski definition) is 3. The zero-order valence-corrected chi connectivity index (χ0v) is 16.4. The lowest BCUT2D eigenvalue weighted by atomic mass is 9.85. The van der Waals surface area contributed by atoms with Crippen LogP contribution in [0.25, 0.3) is 0 Å². The van der Waals surface area contributed by atoms with E-state index < -0.39 is 5.97 Å². The average Bonchev–Trinajstić information content (AvgIpc) is 2.86. The van der Waals surface area contributed by atoms with Crippen molar-refractivity contribution in [2.75, 3.05) is 11.9 Å². The number of benzene rings is 1. The first-order valence-electron chi connectivity index (χ1n) is 9.67. The Balaban J connectivity index is 0.00000225. The number of carboxylic acids is 1. The molecule has 7 nitrogen and oxygen atoms in total. The molecule has 3 unspecified atom stereocenters. The molecular weight excluding hydrogens is 382 g/mol. The lowest BCUT2D eigenvalue weighted by Gasteiger charge is -2.38. The Morgan fingerprint density at radius 3 is 2.32 bits per heavy atom. The molecule has 0 spiro atoms. The highest BCUT2D eigenvalue weighted by molar-refractivity contribution is 6.01. The molecule has 3 N–H and O–H groups in total. The maximum atomic E-state index is 11.9. The quantitative estimate of drug-likeness (QED) is 0.647. The second-order valence-corrected chi connectivity index (χ2v) is 7.89. The number of aliphatic carboxylic acids is 1. The van der Waals surface area contributed by atoms with Gasteiger partial charge >= 0.3 is 5.97 Å². The van der Waals surface area contributed by atoms with Gasteiger partial charge in [-0.05, 0) is 55.7 Å². The summed E-state index contributed by atoms with van der Waals surface area (Å²) in [4.78, 5) is 36.4. The van der Waals surface area contributed by atoms with Gasteiger partial charge < -0.3 is 10.4 Å². The summed E-state index contributed by atoms with van der Waals surface area (Å²) in [5, 5.41) is 14.7. The van der Waals surface area contributed by atoms with Gasteiger partial charge in [0.15, 0.2) is 0 Å². The molecule has 28 heavy (non-hydrogen) atoms. The number of rotatable bonds is 5. The van der Waals surface area contributed by atoms with Crippen LogP contribution in [0.2, 0.25) is 0 Å². The van der Waals surface area contributed by atoms with Gasteiger partial charge in [0.05, 0.1) is 6.54 Å². The second kappa shape index (κ2) is 8.49. The van der Waals surface area contributed by atoms with Crippen LogP contribution in [0, 0.1) is 0 Å². The number of piperidine rings is 2. The largest absolute Gasteiger partial charge is 0.480 e. The summed E-state index contributed by atoms with van der Waals surface area (Å²) in [6, 6.07) is 8.55. The molecule has 0 aliphatic carbocycles. The molecule has 2 amide bonds. The predicted molar refractivity (Wildman–Crippen MR) is 107 cm³/mol. The SMILES string of the molecule is Cl.O=C(O)CN1C2CCC1CC(c1ccc(NC3CCC(=O)NC3=O)cc1)C2. The Hall–Kier alpha value is -2.12. The fourth-order valence-corrected chi connectivity index (χ4v) is 4.84. The number of nitrogens with one attached hydrogen (secondary N) is 2. The molecule has 8 heteroatoms. The third-order valence-corrected chi connectivity index (χ3v) is 6.16. The third-order valence-electron chi connectivity index (χ3n) is 6.16. The van der Waals surface area contributed by atoms with Crippen molar-refractivity contribution in [1.82, 2.24) is 10.2 Å². The first-order chi connectivity index (χ1) is 13.0. The van der Waals surface area contributed by atoms with Crippen LogP contribution >= 0.6 is 12.4 Å². The molecule has 3 atom stereocenters. The van der Waals surface area contributed by atoms with Crippen LogP contribution in [-0.2, 0) is 14.4 Å². The van der Waals surface area contributed by atoms with Crippen LogP contribution in [0.5, 0.6) is 0 Å². The number of carbonyl (C=O) groups is 3. The molecule has 3 fully saturated rings. The predicted octanol–water partition coefficient (Wildman–Crippen LogP) is 2.12. The Morgan fingerprint density at radius 1 is 1.11 bits per heavy atom. The number of fused-ring (bicyclic) bond motifs is 2. The van der Waals surface area contributed by atoms with Crippen molar-refractivity contribution < 1.29 is 19.5 Å². The van der Waals surface area contributed by atoms with Crippen molar-refractivity contribution in [3.05, 3.63) is 29.8 Å². The van der Waals surface area contributed by atoms with E-state index in [1.54, 1.807) is 0 Å². The minimum Gasteiger partial charge on any atom is -0.480 e. The summed E-state index contributed by atoms with van der Waals surface area (Å²) in [5.74, 6) is -0.763. The minimum atomic E-state index is -0.741. The van der Waals surface area contributed by atoms with Crippen molar-refractivity contribution >= 4 is 35.9 Å². The van der Waals surface area contributed by atoms with Crippen LogP contribution < -0.4 is 10.6 Å². The van der Waals surface area contributed by atoms with Crippen molar-refractivity contribution in [3.8, 4) is 0 Å². The zero-order chi connectivity index (χ0) is 19.0. The van der Waals surface area contributed by atoms with Gasteiger partial charge in [-0.25, -0.2) is 0 Å². The fourth-order valence-electron chi connectivity index (χ4n) is 4.84. The van der Waals surface area contributed by atoms with Gasteiger partial charge in [-0.3, -0.25) is 24.6 Å². The van der Waals surface area contributed by atoms with Crippen molar-refractivity contribution in [3.63, 3.8) is 0 Å². The van der Waals surface area contributed by atoms with Crippen molar-refractivity contribution in [2.24, 2.45) is 0 Å². The molecule has 152 valence electrons. The highest BCUT2D eigenvalue weighted by atomic mass is 35.5. The van der Waals surface area contributed by atoms with Gasteiger partial charge in [0.2, 0.25) is 11.8 Å². The smallest absolute Gasteiger partial charge is 0.317 e. The lowest BCUT2D eigenvalue weighted by molar-refractivity contribution is -0.139. The standard InChI is InChI=1S/C20H25N3O4.ClH/c24-18-8-7-17(20(27)22-18)21-14-3-1-12(2-4-14)13-9-15-5-6-16(10-13)23(15)11-19(25)26;/h1-4,13,15-17,21H,5-11H2,(H,25,26)(H,22,24,27);1H. The van der Waals surface area contributed by atoms with E-state index >= 15 is 0 Å². The Kier molecular flexibility index (Phi) is 6.25. The molecule has 1 aromatic carbocycles. The van der Waals surface area contributed by atoms with E-state index in [2.05, 4.69) is 27.7 Å². The van der Waals surface area contributed by atoms with Crippen molar-refractivity contribution in [2.45, 2.75) is 62.6 Å².